The molecule has 0 aliphatic heterocycles. The smallest absolute Gasteiger partial charge is 0.387 e. The van der Waals surface area contributed by atoms with E-state index in [4.69, 9.17) is 4.74 Å². The van der Waals surface area contributed by atoms with Gasteiger partial charge in [0.25, 0.3) is 11.8 Å². The van der Waals surface area contributed by atoms with E-state index in [-0.39, 0.29) is 5.75 Å². The van der Waals surface area contributed by atoms with Gasteiger partial charge in [-0.05, 0) is 61.4 Å². The second-order valence-corrected chi connectivity index (χ2v) is 6.09. The highest BCUT2D eigenvalue weighted by Crippen LogP contribution is 2.17. The van der Waals surface area contributed by atoms with Crippen LogP contribution in [-0.2, 0) is 14.3 Å². The second-order valence-electron chi connectivity index (χ2n) is 6.09. The number of carbonyl (C=O) groups excluding carboxylic acids is 3. The molecule has 0 radical (unpaired) electrons. The predicted molar refractivity (Wildman–Crippen MR) is 101 cm³/mol. The third-order valence-corrected chi connectivity index (χ3v) is 3.89. The molecule has 0 heterocycles. The van der Waals surface area contributed by atoms with Crippen LogP contribution in [0.2, 0.25) is 0 Å². The number of aryl methyl sites for hydroxylation is 2. The number of anilines is 1. The van der Waals surface area contributed by atoms with Gasteiger partial charge in [0.05, 0.1) is 0 Å². The van der Waals surface area contributed by atoms with Crippen LogP contribution >= 0.6 is 0 Å². The molecule has 2 aromatic carbocycles. The van der Waals surface area contributed by atoms with Crippen LogP contribution in [0.5, 0.6) is 5.75 Å². The molecule has 2 aromatic rings. The van der Waals surface area contributed by atoms with Gasteiger partial charge in [-0.15, -0.1) is 0 Å². The summed E-state index contributed by atoms with van der Waals surface area (Å²) in [4.78, 5) is 35.5. The molecule has 2 rings (SSSR count). The Morgan fingerprint density at radius 1 is 1.00 bits per heavy atom. The van der Waals surface area contributed by atoms with Crippen molar-refractivity contribution in [3.8, 4) is 5.75 Å². The Kier molecular flexibility index (Phi) is 7.64. The number of carbonyl (C=O) groups is 3. The van der Waals surface area contributed by atoms with Crippen LogP contribution in [0.15, 0.2) is 42.5 Å². The third kappa shape index (κ3) is 7.21. The van der Waals surface area contributed by atoms with Crippen molar-refractivity contribution in [1.82, 2.24) is 5.32 Å². The topological polar surface area (TPSA) is 93.7 Å². The average Bonchev–Trinajstić information content (AvgIpc) is 2.67. The van der Waals surface area contributed by atoms with Gasteiger partial charge < -0.3 is 20.1 Å². The van der Waals surface area contributed by atoms with Crippen LogP contribution in [0.25, 0.3) is 0 Å². The summed E-state index contributed by atoms with van der Waals surface area (Å²) in [5.41, 5.74) is 2.72. The number of ether oxygens (including phenoxy) is 2. The molecule has 0 aromatic heterocycles. The molecule has 2 amide bonds. The number of esters is 1. The fourth-order valence-electron chi connectivity index (χ4n) is 2.25. The number of benzene rings is 2. The molecule has 0 saturated heterocycles. The number of nitrogens with one attached hydrogen (secondary N) is 2. The first kappa shape index (κ1) is 21.8. The molecule has 0 aliphatic rings. The van der Waals surface area contributed by atoms with Crippen LogP contribution in [0.4, 0.5) is 14.5 Å². The number of halogens is 2. The van der Waals surface area contributed by atoms with Gasteiger partial charge in [-0.25, -0.2) is 0 Å². The molecule has 154 valence electrons. The van der Waals surface area contributed by atoms with Gasteiger partial charge in [0.15, 0.2) is 6.61 Å². The lowest BCUT2D eigenvalue weighted by atomic mass is 10.1. The Hall–Kier alpha value is -3.49. The van der Waals surface area contributed by atoms with Gasteiger partial charge >= 0.3 is 12.6 Å². The zero-order valence-corrected chi connectivity index (χ0v) is 15.8. The summed E-state index contributed by atoms with van der Waals surface area (Å²) in [6.07, 6.45) is 0. The second kappa shape index (κ2) is 10.2. The Bertz CT molecular complexity index is 885. The lowest BCUT2D eigenvalue weighted by Gasteiger charge is -2.09. The molecule has 0 bridgehead atoms. The van der Waals surface area contributed by atoms with Crippen molar-refractivity contribution in [2.45, 2.75) is 20.5 Å². The SMILES string of the molecule is Cc1ccc(C(=O)NCC(=O)OCC(=O)Nc2ccc(OC(F)F)cc2)cc1C. The highest BCUT2D eigenvalue weighted by molar-refractivity contribution is 5.96. The minimum Gasteiger partial charge on any atom is -0.454 e. The molecule has 0 atom stereocenters. The fraction of sp³-hybridized carbons (Fsp3) is 0.250. The minimum atomic E-state index is -2.94. The van der Waals surface area contributed by atoms with E-state index < -0.39 is 37.5 Å². The first-order valence-corrected chi connectivity index (χ1v) is 8.60. The molecule has 2 N–H and O–H groups in total. The normalized spacial score (nSPS) is 10.4. The lowest BCUT2D eigenvalue weighted by molar-refractivity contribution is -0.146. The van der Waals surface area contributed by atoms with E-state index in [1.165, 1.54) is 24.3 Å². The van der Waals surface area contributed by atoms with Gasteiger partial charge in [-0.2, -0.15) is 8.78 Å². The first-order valence-electron chi connectivity index (χ1n) is 8.60. The molecule has 9 heteroatoms. The van der Waals surface area contributed by atoms with Crippen LogP contribution in [0.1, 0.15) is 21.5 Å². The van der Waals surface area contributed by atoms with E-state index >= 15 is 0 Å². The van der Waals surface area contributed by atoms with E-state index in [9.17, 15) is 23.2 Å². The maximum atomic E-state index is 12.1. The Labute approximate surface area is 166 Å². The van der Waals surface area contributed by atoms with Crippen molar-refractivity contribution in [1.29, 1.82) is 0 Å². The molecular weight excluding hydrogens is 386 g/mol. The maximum absolute atomic E-state index is 12.1. The van der Waals surface area contributed by atoms with E-state index in [1.54, 1.807) is 18.2 Å². The summed E-state index contributed by atoms with van der Waals surface area (Å²) in [6.45, 7) is -0.0965. The van der Waals surface area contributed by atoms with E-state index in [2.05, 4.69) is 15.4 Å². The number of amides is 2. The van der Waals surface area contributed by atoms with Crippen molar-refractivity contribution in [2.24, 2.45) is 0 Å². The monoisotopic (exact) mass is 406 g/mol. The average molecular weight is 406 g/mol. The van der Waals surface area contributed by atoms with E-state index in [0.29, 0.717) is 11.3 Å². The molecule has 0 aliphatic carbocycles. The fourth-order valence-corrected chi connectivity index (χ4v) is 2.25. The number of rotatable bonds is 8. The van der Waals surface area contributed by atoms with Crippen LogP contribution < -0.4 is 15.4 Å². The first-order chi connectivity index (χ1) is 13.7. The van der Waals surface area contributed by atoms with Gasteiger partial charge in [0.1, 0.15) is 12.3 Å². The Balaban J connectivity index is 1.73. The number of hydrogen-bond donors (Lipinski definition) is 2. The quantitative estimate of drug-likeness (QED) is 0.658. The summed E-state index contributed by atoms with van der Waals surface area (Å²) < 4.78 is 33.2. The van der Waals surface area contributed by atoms with Gasteiger partial charge in [-0.3, -0.25) is 14.4 Å². The van der Waals surface area contributed by atoms with Crippen molar-refractivity contribution in [3.63, 3.8) is 0 Å². The van der Waals surface area contributed by atoms with Crippen LogP contribution in [0.3, 0.4) is 0 Å². The zero-order chi connectivity index (χ0) is 21.4. The summed E-state index contributed by atoms with van der Waals surface area (Å²) in [7, 11) is 0. The Morgan fingerprint density at radius 3 is 2.31 bits per heavy atom. The van der Waals surface area contributed by atoms with E-state index in [1.807, 2.05) is 13.8 Å². The standard InChI is InChI=1S/C20H20F2N2O5/c1-12-3-4-14(9-13(12)2)19(27)23-10-18(26)28-11-17(25)24-15-5-7-16(8-6-15)29-20(21)22/h3-9,20H,10-11H2,1-2H3,(H,23,27)(H,24,25). The molecule has 0 saturated carbocycles. The lowest BCUT2D eigenvalue weighted by Crippen LogP contribution is -2.32. The molecule has 0 unspecified atom stereocenters. The van der Waals surface area contributed by atoms with Gasteiger partial charge in [-0.1, -0.05) is 6.07 Å². The van der Waals surface area contributed by atoms with Crippen molar-refractivity contribution >= 4 is 23.5 Å². The molecule has 0 fully saturated rings. The molecular formula is C20H20F2N2O5. The zero-order valence-electron chi connectivity index (χ0n) is 15.8. The van der Waals surface area contributed by atoms with Crippen molar-refractivity contribution in [3.05, 3.63) is 59.2 Å². The predicted octanol–water partition coefficient (Wildman–Crippen LogP) is 2.82. The minimum absolute atomic E-state index is 0.0519. The maximum Gasteiger partial charge on any atom is 0.387 e. The number of alkyl halides is 2. The summed E-state index contributed by atoms with van der Waals surface area (Å²) >= 11 is 0. The summed E-state index contributed by atoms with van der Waals surface area (Å²) in [6, 6.07) is 10.4. The van der Waals surface area contributed by atoms with E-state index in [0.717, 1.165) is 11.1 Å². The summed E-state index contributed by atoms with van der Waals surface area (Å²) in [5.74, 6) is -1.89. The van der Waals surface area contributed by atoms with Gasteiger partial charge in [0.2, 0.25) is 0 Å². The number of hydrogen-bond acceptors (Lipinski definition) is 5. The van der Waals surface area contributed by atoms with Crippen LogP contribution in [-0.4, -0.2) is 37.5 Å². The van der Waals surface area contributed by atoms with Crippen molar-refractivity contribution < 1.29 is 32.6 Å². The van der Waals surface area contributed by atoms with Gasteiger partial charge in [0, 0.05) is 11.3 Å². The highest BCUT2D eigenvalue weighted by atomic mass is 19.3. The van der Waals surface area contributed by atoms with Crippen LogP contribution in [0, 0.1) is 13.8 Å². The van der Waals surface area contributed by atoms with Crippen molar-refractivity contribution in [2.75, 3.05) is 18.5 Å². The molecule has 7 nitrogen and oxygen atoms in total. The highest BCUT2D eigenvalue weighted by Gasteiger charge is 2.12. The third-order valence-electron chi connectivity index (χ3n) is 3.89. The molecule has 29 heavy (non-hydrogen) atoms. The molecule has 0 spiro atoms. The Morgan fingerprint density at radius 2 is 1.69 bits per heavy atom. The summed E-state index contributed by atoms with van der Waals surface area (Å²) in [5, 5.41) is 4.85. The largest absolute Gasteiger partial charge is 0.454 e.